The van der Waals surface area contributed by atoms with E-state index in [1.54, 1.807) is 18.7 Å². The fourth-order valence-electron chi connectivity index (χ4n) is 1.19. The first-order valence-corrected chi connectivity index (χ1v) is 3.77. The molecule has 2 heterocycles. The summed E-state index contributed by atoms with van der Waals surface area (Å²) in [6, 6.07) is 1.88. The number of nitrogens with two attached hydrogens (primary N) is 1. The maximum Gasteiger partial charge on any atom is 0.151 e. The fourth-order valence-corrected chi connectivity index (χ4v) is 1.19. The first-order chi connectivity index (χ1) is 5.67. The Balaban J connectivity index is 2.75. The summed E-state index contributed by atoms with van der Waals surface area (Å²) in [5.41, 5.74) is 6.17. The SMILES string of the molecule is CC1(N)C=NC=c2occc2=C1. The highest BCUT2D eigenvalue weighted by atomic mass is 16.3. The van der Waals surface area contributed by atoms with Crippen molar-refractivity contribution in [1.82, 2.24) is 0 Å². The smallest absolute Gasteiger partial charge is 0.151 e. The zero-order valence-electron chi connectivity index (χ0n) is 6.82. The third kappa shape index (κ3) is 1.19. The van der Waals surface area contributed by atoms with E-state index in [0.717, 1.165) is 10.6 Å². The molecular weight excluding hydrogens is 152 g/mol. The Hall–Kier alpha value is -1.35. The van der Waals surface area contributed by atoms with Gasteiger partial charge in [-0.15, -0.1) is 0 Å². The highest BCUT2D eigenvalue weighted by Gasteiger charge is 2.12. The van der Waals surface area contributed by atoms with Crippen LogP contribution in [0.4, 0.5) is 0 Å². The molecule has 0 saturated carbocycles. The van der Waals surface area contributed by atoms with Crippen molar-refractivity contribution >= 4 is 18.5 Å². The Morgan fingerprint density at radius 1 is 1.58 bits per heavy atom. The normalized spacial score (nSPS) is 26.8. The van der Waals surface area contributed by atoms with Gasteiger partial charge in [0.2, 0.25) is 0 Å². The van der Waals surface area contributed by atoms with Gasteiger partial charge in [-0.1, -0.05) is 0 Å². The molecule has 12 heavy (non-hydrogen) atoms. The molecule has 0 spiro atoms. The second-order valence-electron chi connectivity index (χ2n) is 3.16. The van der Waals surface area contributed by atoms with Crippen LogP contribution in [0.15, 0.2) is 21.7 Å². The molecule has 0 bridgehead atoms. The molecule has 1 aliphatic heterocycles. The molecular formula is C9H10N2O. The number of fused-ring (bicyclic) bond motifs is 1. The number of rotatable bonds is 0. The zero-order valence-corrected chi connectivity index (χ0v) is 6.82. The molecule has 2 N–H and O–H groups in total. The van der Waals surface area contributed by atoms with E-state index in [0.29, 0.717) is 0 Å². The van der Waals surface area contributed by atoms with E-state index in [2.05, 4.69) is 4.99 Å². The van der Waals surface area contributed by atoms with Gasteiger partial charge in [0.1, 0.15) is 0 Å². The summed E-state index contributed by atoms with van der Waals surface area (Å²) in [7, 11) is 0. The molecule has 1 aliphatic rings. The van der Waals surface area contributed by atoms with E-state index >= 15 is 0 Å². The van der Waals surface area contributed by atoms with Crippen molar-refractivity contribution in [3.63, 3.8) is 0 Å². The van der Waals surface area contributed by atoms with Crippen molar-refractivity contribution in [2.24, 2.45) is 10.7 Å². The van der Waals surface area contributed by atoms with Crippen LogP contribution >= 0.6 is 0 Å². The van der Waals surface area contributed by atoms with Gasteiger partial charge in [0.15, 0.2) is 5.42 Å². The maximum atomic E-state index is 5.89. The number of nitrogens with zero attached hydrogens (tertiary/aromatic N) is 1. The quantitative estimate of drug-likeness (QED) is 0.564. The molecule has 0 amide bonds. The summed E-state index contributed by atoms with van der Waals surface area (Å²) in [5, 5.41) is 0.998. The Labute approximate surface area is 69.9 Å². The van der Waals surface area contributed by atoms with E-state index in [1.807, 2.05) is 19.1 Å². The lowest BCUT2D eigenvalue weighted by atomic mass is 10.1. The zero-order chi connectivity index (χ0) is 8.60. The predicted octanol–water partition coefficient (Wildman–Crippen LogP) is -0.400. The van der Waals surface area contributed by atoms with E-state index in [-0.39, 0.29) is 0 Å². The van der Waals surface area contributed by atoms with E-state index in [4.69, 9.17) is 10.2 Å². The molecule has 0 aliphatic carbocycles. The van der Waals surface area contributed by atoms with Gasteiger partial charge in [-0.05, 0) is 19.1 Å². The van der Waals surface area contributed by atoms with Crippen molar-refractivity contribution in [1.29, 1.82) is 0 Å². The Kier molecular flexibility index (Phi) is 1.41. The second-order valence-corrected chi connectivity index (χ2v) is 3.16. The molecule has 0 radical (unpaired) electrons. The Morgan fingerprint density at radius 3 is 3.25 bits per heavy atom. The third-order valence-corrected chi connectivity index (χ3v) is 1.74. The highest BCUT2D eigenvalue weighted by molar-refractivity contribution is 5.81. The minimum atomic E-state index is -0.481. The maximum absolute atomic E-state index is 5.89. The second kappa shape index (κ2) is 2.32. The highest BCUT2D eigenvalue weighted by Crippen LogP contribution is 1.98. The summed E-state index contributed by atoms with van der Waals surface area (Å²) in [6.45, 7) is 1.90. The van der Waals surface area contributed by atoms with Crippen LogP contribution in [-0.4, -0.2) is 11.8 Å². The van der Waals surface area contributed by atoms with Gasteiger partial charge in [0.25, 0.3) is 0 Å². The van der Waals surface area contributed by atoms with Gasteiger partial charge in [-0.25, -0.2) is 0 Å². The summed E-state index contributed by atoms with van der Waals surface area (Å²) >= 11 is 0. The van der Waals surface area contributed by atoms with Gasteiger partial charge >= 0.3 is 0 Å². The predicted molar refractivity (Wildman–Crippen MR) is 48.0 cm³/mol. The summed E-state index contributed by atoms with van der Waals surface area (Å²) < 4.78 is 5.17. The van der Waals surface area contributed by atoms with Crippen LogP contribution in [0, 0.1) is 0 Å². The first-order valence-electron chi connectivity index (χ1n) is 3.77. The summed E-state index contributed by atoms with van der Waals surface area (Å²) in [4.78, 5) is 4.04. The van der Waals surface area contributed by atoms with Crippen molar-refractivity contribution in [3.8, 4) is 0 Å². The van der Waals surface area contributed by atoms with Gasteiger partial charge in [0.05, 0.1) is 18.0 Å². The lowest BCUT2D eigenvalue weighted by molar-refractivity contribution is 0.530. The third-order valence-electron chi connectivity index (χ3n) is 1.74. The number of aliphatic imine (C=N–C) groups is 1. The van der Waals surface area contributed by atoms with Crippen LogP contribution in [0.1, 0.15) is 6.92 Å². The average molecular weight is 162 g/mol. The van der Waals surface area contributed by atoms with Gasteiger partial charge in [-0.2, -0.15) is 0 Å². The van der Waals surface area contributed by atoms with Gasteiger partial charge < -0.3 is 10.2 Å². The van der Waals surface area contributed by atoms with Crippen LogP contribution in [0.3, 0.4) is 0 Å². The van der Waals surface area contributed by atoms with Crippen LogP contribution in [0.5, 0.6) is 0 Å². The lowest BCUT2D eigenvalue weighted by Crippen LogP contribution is -2.37. The van der Waals surface area contributed by atoms with Gasteiger partial charge in [0, 0.05) is 11.4 Å². The van der Waals surface area contributed by atoms with E-state index in [9.17, 15) is 0 Å². The molecule has 3 heteroatoms. The van der Waals surface area contributed by atoms with Crippen LogP contribution in [0.2, 0.25) is 0 Å². The Bertz CT molecular complexity index is 426. The van der Waals surface area contributed by atoms with E-state index < -0.39 is 5.54 Å². The number of furan rings is 1. The van der Waals surface area contributed by atoms with Crippen molar-refractivity contribution in [2.45, 2.75) is 12.5 Å². The van der Waals surface area contributed by atoms with Crippen LogP contribution in [0.25, 0.3) is 12.3 Å². The largest absolute Gasteiger partial charge is 0.463 e. The minimum absolute atomic E-state index is 0.481. The monoisotopic (exact) mass is 162 g/mol. The molecule has 2 rings (SSSR count). The Morgan fingerprint density at radius 2 is 2.42 bits per heavy atom. The molecule has 1 atom stereocenters. The van der Waals surface area contributed by atoms with Crippen LogP contribution in [-0.2, 0) is 0 Å². The number of hydrogen-bond acceptors (Lipinski definition) is 3. The standard InChI is InChI=1S/C9H10N2O/c1-9(10)4-7-2-3-12-8(7)5-11-6-9/h2-6H,10H2,1H3. The average Bonchev–Trinajstić information content (AvgIpc) is 2.31. The lowest BCUT2D eigenvalue weighted by Gasteiger charge is -2.11. The molecule has 1 unspecified atom stereocenters. The molecule has 62 valence electrons. The first kappa shape index (κ1) is 7.31. The molecule has 0 aromatic carbocycles. The molecule has 1 aromatic rings. The van der Waals surface area contributed by atoms with E-state index in [1.165, 1.54) is 0 Å². The summed E-state index contributed by atoms with van der Waals surface area (Å²) in [5.74, 6) is 0. The molecule has 0 saturated heterocycles. The topological polar surface area (TPSA) is 51.5 Å². The molecule has 0 fully saturated rings. The number of hydrogen-bond donors (Lipinski definition) is 1. The molecule has 1 aromatic heterocycles. The molecule has 3 nitrogen and oxygen atoms in total. The van der Waals surface area contributed by atoms with Crippen molar-refractivity contribution in [3.05, 3.63) is 23.0 Å². The fraction of sp³-hybridized carbons (Fsp3) is 0.222. The van der Waals surface area contributed by atoms with Crippen molar-refractivity contribution < 1.29 is 4.42 Å². The van der Waals surface area contributed by atoms with Crippen LogP contribution < -0.4 is 16.4 Å². The summed E-state index contributed by atoms with van der Waals surface area (Å²) in [6.07, 6.45) is 6.93. The van der Waals surface area contributed by atoms with Gasteiger partial charge in [-0.3, -0.25) is 4.99 Å². The van der Waals surface area contributed by atoms with Crippen molar-refractivity contribution in [2.75, 3.05) is 0 Å². The minimum Gasteiger partial charge on any atom is -0.463 e.